The fourth-order valence-corrected chi connectivity index (χ4v) is 3.17. The number of methoxy groups -OCH3 is 1. The lowest BCUT2D eigenvalue weighted by Gasteiger charge is -2.22. The van der Waals surface area contributed by atoms with E-state index in [0.717, 1.165) is 17.0 Å². The molecule has 0 atom stereocenters. The molecule has 1 heterocycles. The van der Waals surface area contributed by atoms with Gasteiger partial charge in [0.05, 0.1) is 19.9 Å². The van der Waals surface area contributed by atoms with Crippen LogP contribution in [0, 0.1) is 0 Å². The smallest absolute Gasteiger partial charge is 0.270 e. The Morgan fingerprint density at radius 2 is 1.84 bits per heavy atom. The molecular weight excluding hydrogens is 355 g/mol. The normalized spacial score (nSPS) is 10.0. The van der Waals surface area contributed by atoms with Crippen molar-refractivity contribution < 1.29 is 9.53 Å². The zero-order chi connectivity index (χ0) is 16.9. The first-order chi connectivity index (χ1) is 11.7. The molecule has 125 valence electrons. The van der Waals surface area contributed by atoms with Gasteiger partial charge in [-0.3, -0.25) is 4.79 Å². The van der Waals surface area contributed by atoms with Crippen molar-refractivity contribution in [2.24, 2.45) is 0 Å². The lowest BCUT2D eigenvalue weighted by Crippen LogP contribution is -2.29. The summed E-state index contributed by atoms with van der Waals surface area (Å²) in [5.74, 6) is 0.659. The standard InChI is InChI=1S/C18H15ClN2O2S.B/c1-23-15-9-7-13(8-10-15)12-21(14-5-3-2-4-6-14)17(22)16-11-20-18(19)24-16;/h2-11H,12H2,1H3;. The van der Waals surface area contributed by atoms with E-state index in [2.05, 4.69) is 4.98 Å². The van der Waals surface area contributed by atoms with E-state index < -0.39 is 0 Å². The summed E-state index contributed by atoms with van der Waals surface area (Å²) in [6.45, 7) is 0.447. The molecule has 3 aromatic rings. The van der Waals surface area contributed by atoms with Crippen molar-refractivity contribution in [2.45, 2.75) is 6.54 Å². The van der Waals surface area contributed by atoms with Gasteiger partial charge in [-0.1, -0.05) is 53.3 Å². The number of benzene rings is 2. The van der Waals surface area contributed by atoms with Gasteiger partial charge in [-0.05, 0) is 29.8 Å². The Hall–Kier alpha value is -2.31. The van der Waals surface area contributed by atoms with E-state index in [4.69, 9.17) is 16.3 Å². The van der Waals surface area contributed by atoms with Crippen LogP contribution in [0.15, 0.2) is 60.8 Å². The molecule has 0 N–H and O–H groups in total. The summed E-state index contributed by atoms with van der Waals surface area (Å²) in [5, 5.41) is 0. The maximum atomic E-state index is 12.9. The van der Waals surface area contributed by atoms with Crippen molar-refractivity contribution in [3.8, 4) is 5.75 Å². The number of hydrogen-bond acceptors (Lipinski definition) is 4. The highest BCUT2D eigenvalue weighted by Crippen LogP contribution is 2.25. The van der Waals surface area contributed by atoms with Crippen molar-refractivity contribution in [1.82, 2.24) is 4.98 Å². The van der Waals surface area contributed by atoms with Crippen LogP contribution in [0.2, 0.25) is 4.47 Å². The van der Waals surface area contributed by atoms with Crippen LogP contribution < -0.4 is 9.64 Å². The Kier molecular flexibility index (Phi) is 6.61. The van der Waals surface area contributed by atoms with Crippen LogP contribution in [0.4, 0.5) is 5.69 Å². The van der Waals surface area contributed by atoms with Crippen LogP contribution in [0.1, 0.15) is 15.2 Å². The summed E-state index contributed by atoms with van der Waals surface area (Å²) in [5.41, 5.74) is 1.83. The van der Waals surface area contributed by atoms with E-state index >= 15 is 0 Å². The number of ether oxygens (including phenoxy) is 1. The van der Waals surface area contributed by atoms with E-state index in [-0.39, 0.29) is 14.3 Å². The second-order valence-corrected chi connectivity index (χ2v) is 6.67. The fraction of sp³-hybridized carbons (Fsp3) is 0.111. The fourth-order valence-electron chi connectivity index (χ4n) is 2.29. The van der Waals surface area contributed by atoms with E-state index in [9.17, 15) is 4.79 Å². The zero-order valence-electron chi connectivity index (χ0n) is 13.6. The van der Waals surface area contributed by atoms with Crippen molar-refractivity contribution in [3.05, 3.63) is 75.7 Å². The van der Waals surface area contributed by atoms with Gasteiger partial charge in [0, 0.05) is 14.1 Å². The van der Waals surface area contributed by atoms with Crippen LogP contribution in [-0.4, -0.2) is 26.4 Å². The van der Waals surface area contributed by atoms with Crippen LogP contribution in [0.5, 0.6) is 5.75 Å². The SMILES string of the molecule is COc1ccc(CN(C(=O)c2cnc(Cl)s2)c2ccccc2)cc1.[B]. The average Bonchev–Trinajstić information content (AvgIpc) is 3.07. The highest BCUT2D eigenvalue weighted by molar-refractivity contribution is 7.17. The third-order valence-electron chi connectivity index (χ3n) is 3.50. The quantitative estimate of drug-likeness (QED) is 0.631. The molecule has 0 saturated heterocycles. The topological polar surface area (TPSA) is 42.4 Å². The second-order valence-electron chi connectivity index (χ2n) is 5.05. The monoisotopic (exact) mass is 369 g/mol. The van der Waals surface area contributed by atoms with Gasteiger partial charge < -0.3 is 9.64 Å². The predicted octanol–water partition coefficient (Wildman–Crippen LogP) is 4.27. The minimum absolute atomic E-state index is 0. The molecular formula is C18H15BClN2O2S. The Morgan fingerprint density at radius 1 is 1.16 bits per heavy atom. The minimum Gasteiger partial charge on any atom is -0.497 e. The van der Waals surface area contributed by atoms with E-state index in [1.807, 2.05) is 54.6 Å². The molecule has 0 bridgehead atoms. The molecule has 1 amide bonds. The van der Waals surface area contributed by atoms with Gasteiger partial charge in [-0.2, -0.15) is 0 Å². The molecule has 0 spiro atoms. The molecule has 0 aliphatic heterocycles. The molecule has 4 nitrogen and oxygen atoms in total. The Labute approximate surface area is 157 Å². The average molecular weight is 370 g/mol. The number of carbonyl (C=O) groups excluding carboxylic acids is 1. The Bertz CT molecular complexity index is 825. The van der Waals surface area contributed by atoms with E-state index in [0.29, 0.717) is 15.9 Å². The minimum atomic E-state index is -0.124. The van der Waals surface area contributed by atoms with E-state index in [1.54, 1.807) is 12.0 Å². The van der Waals surface area contributed by atoms with Crippen molar-refractivity contribution in [3.63, 3.8) is 0 Å². The van der Waals surface area contributed by atoms with Gasteiger partial charge in [0.1, 0.15) is 10.6 Å². The summed E-state index contributed by atoms with van der Waals surface area (Å²) in [7, 11) is 1.63. The third-order valence-corrected chi connectivity index (χ3v) is 4.60. The first-order valence-corrected chi connectivity index (χ1v) is 8.48. The zero-order valence-corrected chi connectivity index (χ0v) is 15.1. The molecule has 3 rings (SSSR count). The number of rotatable bonds is 5. The van der Waals surface area contributed by atoms with Crippen LogP contribution in [-0.2, 0) is 6.54 Å². The lowest BCUT2D eigenvalue weighted by molar-refractivity contribution is 0.0989. The molecule has 3 radical (unpaired) electrons. The predicted molar refractivity (Wildman–Crippen MR) is 103 cm³/mol. The first kappa shape index (κ1) is 19.0. The summed E-state index contributed by atoms with van der Waals surface area (Å²) in [4.78, 5) is 19.1. The van der Waals surface area contributed by atoms with Crippen LogP contribution in [0.3, 0.4) is 0 Å². The highest BCUT2D eigenvalue weighted by Gasteiger charge is 2.20. The molecule has 0 aliphatic carbocycles. The number of anilines is 1. The van der Waals surface area contributed by atoms with Crippen molar-refractivity contribution in [2.75, 3.05) is 12.0 Å². The number of halogens is 1. The van der Waals surface area contributed by atoms with Gasteiger partial charge in [0.25, 0.3) is 5.91 Å². The van der Waals surface area contributed by atoms with Gasteiger partial charge in [-0.15, -0.1) is 0 Å². The molecule has 0 saturated carbocycles. The van der Waals surface area contributed by atoms with Gasteiger partial charge in [0.15, 0.2) is 4.47 Å². The largest absolute Gasteiger partial charge is 0.497 e. The van der Waals surface area contributed by atoms with Crippen LogP contribution >= 0.6 is 22.9 Å². The van der Waals surface area contributed by atoms with Gasteiger partial charge in [0.2, 0.25) is 0 Å². The number of thiazole rings is 1. The number of aromatic nitrogens is 1. The summed E-state index contributed by atoms with van der Waals surface area (Å²) in [6, 6.07) is 17.2. The Morgan fingerprint density at radius 3 is 2.40 bits per heavy atom. The summed E-state index contributed by atoms with van der Waals surface area (Å²) in [6.07, 6.45) is 1.51. The molecule has 0 fully saturated rings. The van der Waals surface area contributed by atoms with Gasteiger partial charge in [-0.25, -0.2) is 4.98 Å². The van der Waals surface area contributed by atoms with Gasteiger partial charge >= 0.3 is 0 Å². The molecule has 1 aromatic heterocycles. The first-order valence-electron chi connectivity index (χ1n) is 7.28. The molecule has 0 aliphatic rings. The number of para-hydroxylation sites is 1. The molecule has 25 heavy (non-hydrogen) atoms. The molecule has 7 heteroatoms. The summed E-state index contributed by atoms with van der Waals surface area (Å²) < 4.78 is 5.53. The third kappa shape index (κ3) is 4.62. The number of nitrogens with zero attached hydrogens (tertiary/aromatic N) is 2. The Balaban J connectivity index is 0.00000225. The van der Waals surface area contributed by atoms with E-state index in [1.165, 1.54) is 17.5 Å². The van der Waals surface area contributed by atoms with Crippen molar-refractivity contribution in [1.29, 1.82) is 0 Å². The number of carbonyl (C=O) groups is 1. The number of hydrogen-bond donors (Lipinski definition) is 0. The maximum Gasteiger partial charge on any atom is 0.270 e. The maximum absolute atomic E-state index is 12.9. The molecule has 0 unspecified atom stereocenters. The molecule has 2 aromatic carbocycles. The van der Waals surface area contributed by atoms with Crippen LogP contribution in [0.25, 0.3) is 0 Å². The highest BCUT2D eigenvalue weighted by atomic mass is 35.5. The second kappa shape index (κ2) is 8.69. The van der Waals surface area contributed by atoms with Crippen molar-refractivity contribution >= 4 is 42.9 Å². The summed E-state index contributed by atoms with van der Waals surface area (Å²) >= 11 is 7.05. The number of amides is 1. The lowest BCUT2D eigenvalue weighted by atomic mass is 10.2.